The average molecular weight is 233 g/mol. The molecule has 0 bridgehead atoms. The molecular weight excluding hydrogens is 206 g/mol. The van der Waals surface area contributed by atoms with Crippen LogP contribution in [0.15, 0.2) is 0 Å². The Hall–Kier alpha value is -0.510. The van der Waals surface area contributed by atoms with Crippen molar-refractivity contribution in [1.29, 1.82) is 5.26 Å². The molecule has 1 nitrogen and oxygen atoms in total. The van der Waals surface area contributed by atoms with Gasteiger partial charge in [0.1, 0.15) is 0 Å². The van der Waals surface area contributed by atoms with Gasteiger partial charge in [-0.2, -0.15) is 5.26 Å². The quantitative estimate of drug-likeness (QED) is 0.664. The smallest absolute Gasteiger partial charge is 0.0692 e. The lowest BCUT2D eigenvalue weighted by Crippen LogP contribution is -2.37. The first-order chi connectivity index (χ1) is 8.20. The highest BCUT2D eigenvalue weighted by Gasteiger charge is 2.43. The lowest BCUT2D eigenvalue weighted by molar-refractivity contribution is 0.0792. The first-order valence-corrected chi connectivity index (χ1v) is 7.61. The molecule has 2 aliphatic carbocycles. The second-order valence-electron chi connectivity index (χ2n) is 6.61. The maximum Gasteiger partial charge on any atom is 0.0692 e. The minimum atomic E-state index is 0.0471. The zero-order chi connectivity index (χ0) is 12.3. The standard InChI is InChI=1S/C16H27N/c1-3-14-7-4-8-15(10-14)16(12-17)9-5-6-13(2)11-16/h13-15H,3-11H2,1-2H3. The molecule has 0 amide bonds. The van der Waals surface area contributed by atoms with Gasteiger partial charge >= 0.3 is 0 Å². The summed E-state index contributed by atoms with van der Waals surface area (Å²) >= 11 is 0. The van der Waals surface area contributed by atoms with E-state index in [1.807, 2.05) is 0 Å². The van der Waals surface area contributed by atoms with E-state index in [1.54, 1.807) is 0 Å². The topological polar surface area (TPSA) is 23.8 Å². The number of nitriles is 1. The summed E-state index contributed by atoms with van der Waals surface area (Å²) in [7, 11) is 0. The van der Waals surface area contributed by atoms with Gasteiger partial charge in [-0.25, -0.2) is 0 Å². The monoisotopic (exact) mass is 233 g/mol. The summed E-state index contributed by atoms with van der Waals surface area (Å²) in [6.45, 7) is 4.65. The van der Waals surface area contributed by atoms with E-state index < -0.39 is 0 Å². The predicted octanol–water partition coefficient (Wildman–Crippen LogP) is 4.92. The molecule has 0 N–H and O–H groups in total. The van der Waals surface area contributed by atoms with Crippen molar-refractivity contribution in [3.8, 4) is 6.07 Å². The van der Waals surface area contributed by atoms with Crippen LogP contribution in [0.2, 0.25) is 0 Å². The number of rotatable bonds is 2. The highest BCUT2D eigenvalue weighted by atomic mass is 14.5. The minimum Gasteiger partial charge on any atom is -0.198 e. The predicted molar refractivity (Wildman–Crippen MR) is 71.4 cm³/mol. The zero-order valence-electron chi connectivity index (χ0n) is 11.5. The lowest BCUT2D eigenvalue weighted by Gasteiger charge is -2.44. The number of hydrogen-bond donors (Lipinski definition) is 0. The molecule has 0 aromatic rings. The van der Waals surface area contributed by atoms with Crippen LogP contribution >= 0.6 is 0 Å². The van der Waals surface area contributed by atoms with Crippen molar-refractivity contribution in [3.63, 3.8) is 0 Å². The average Bonchev–Trinajstić information content (AvgIpc) is 2.38. The fourth-order valence-corrected chi connectivity index (χ4v) is 4.32. The van der Waals surface area contributed by atoms with Crippen LogP contribution in [0.5, 0.6) is 0 Å². The molecule has 2 fully saturated rings. The second-order valence-corrected chi connectivity index (χ2v) is 6.61. The van der Waals surface area contributed by atoms with Crippen molar-refractivity contribution in [3.05, 3.63) is 0 Å². The van der Waals surface area contributed by atoms with Crippen molar-refractivity contribution < 1.29 is 0 Å². The van der Waals surface area contributed by atoms with Crippen molar-refractivity contribution in [2.75, 3.05) is 0 Å². The van der Waals surface area contributed by atoms with E-state index in [9.17, 15) is 5.26 Å². The number of hydrogen-bond acceptors (Lipinski definition) is 1. The van der Waals surface area contributed by atoms with Gasteiger partial charge in [-0.1, -0.05) is 46.0 Å². The molecule has 2 rings (SSSR count). The summed E-state index contributed by atoms with van der Waals surface area (Å²) in [6, 6.07) is 2.76. The molecule has 4 unspecified atom stereocenters. The van der Waals surface area contributed by atoms with E-state index >= 15 is 0 Å². The molecule has 0 aromatic heterocycles. The molecule has 2 saturated carbocycles. The molecule has 96 valence electrons. The first kappa shape index (κ1) is 12.9. The maximum absolute atomic E-state index is 9.72. The fraction of sp³-hybridized carbons (Fsp3) is 0.938. The zero-order valence-corrected chi connectivity index (χ0v) is 11.5. The Labute approximate surface area is 107 Å². The van der Waals surface area contributed by atoms with Gasteiger partial charge in [-0.3, -0.25) is 0 Å². The third-order valence-corrected chi connectivity index (χ3v) is 5.40. The molecule has 4 atom stereocenters. The molecule has 1 heteroatoms. The third kappa shape index (κ3) is 2.67. The molecule has 0 spiro atoms. The van der Waals surface area contributed by atoms with Gasteiger partial charge in [0.15, 0.2) is 0 Å². The van der Waals surface area contributed by atoms with E-state index in [2.05, 4.69) is 19.9 Å². The van der Waals surface area contributed by atoms with Gasteiger partial charge in [0.2, 0.25) is 0 Å². The summed E-state index contributed by atoms with van der Waals surface area (Å²) in [5.41, 5.74) is 0.0471. The van der Waals surface area contributed by atoms with Crippen molar-refractivity contribution in [1.82, 2.24) is 0 Å². The third-order valence-electron chi connectivity index (χ3n) is 5.40. The maximum atomic E-state index is 9.72. The molecular formula is C16H27N. The molecule has 0 radical (unpaired) electrons. The van der Waals surface area contributed by atoms with E-state index in [0.717, 1.165) is 11.8 Å². The van der Waals surface area contributed by atoms with E-state index in [0.29, 0.717) is 5.92 Å². The Bertz CT molecular complexity index is 290. The fourth-order valence-electron chi connectivity index (χ4n) is 4.32. The summed E-state index contributed by atoms with van der Waals surface area (Å²) in [5.74, 6) is 2.37. The molecule has 2 aliphatic rings. The van der Waals surface area contributed by atoms with Gasteiger partial charge in [-0.05, 0) is 43.4 Å². The molecule has 0 aliphatic heterocycles. The van der Waals surface area contributed by atoms with Crippen LogP contribution in [0.3, 0.4) is 0 Å². The SMILES string of the molecule is CCC1CCCC(C2(C#N)CCCC(C)C2)C1. The van der Waals surface area contributed by atoms with Crippen LogP contribution in [0.1, 0.15) is 71.6 Å². The van der Waals surface area contributed by atoms with E-state index in [1.165, 1.54) is 57.8 Å². The van der Waals surface area contributed by atoms with Crippen LogP contribution in [0.4, 0.5) is 0 Å². The van der Waals surface area contributed by atoms with Crippen LogP contribution in [0, 0.1) is 34.5 Å². The van der Waals surface area contributed by atoms with Crippen LogP contribution in [-0.2, 0) is 0 Å². The normalized spacial score (nSPS) is 43.0. The minimum absolute atomic E-state index is 0.0471. The van der Waals surface area contributed by atoms with E-state index in [4.69, 9.17) is 0 Å². The Balaban J connectivity index is 2.09. The summed E-state index contributed by atoms with van der Waals surface area (Å²) in [5, 5.41) is 9.72. The van der Waals surface area contributed by atoms with E-state index in [-0.39, 0.29) is 5.41 Å². The lowest BCUT2D eigenvalue weighted by atomic mass is 9.59. The number of nitrogens with zero attached hydrogens (tertiary/aromatic N) is 1. The van der Waals surface area contributed by atoms with Crippen molar-refractivity contribution >= 4 is 0 Å². The Morgan fingerprint density at radius 1 is 1.24 bits per heavy atom. The second kappa shape index (κ2) is 5.42. The van der Waals surface area contributed by atoms with Crippen LogP contribution < -0.4 is 0 Å². The van der Waals surface area contributed by atoms with Gasteiger partial charge in [0.25, 0.3) is 0 Å². The Kier molecular flexibility index (Phi) is 4.13. The Morgan fingerprint density at radius 3 is 2.71 bits per heavy atom. The van der Waals surface area contributed by atoms with Crippen molar-refractivity contribution in [2.24, 2.45) is 23.2 Å². The summed E-state index contributed by atoms with van der Waals surface area (Å²) in [6.07, 6.45) is 11.7. The van der Waals surface area contributed by atoms with Crippen LogP contribution in [0.25, 0.3) is 0 Å². The Morgan fingerprint density at radius 2 is 2.06 bits per heavy atom. The molecule has 0 heterocycles. The summed E-state index contributed by atoms with van der Waals surface area (Å²) in [4.78, 5) is 0. The highest BCUT2D eigenvalue weighted by Crippen LogP contribution is 2.50. The summed E-state index contributed by atoms with van der Waals surface area (Å²) < 4.78 is 0. The molecule has 0 saturated heterocycles. The van der Waals surface area contributed by atoms with Gasteiger partial charge in [0.05, 0.1) is 11.5 Å². The van der Waals surface area contributed by atoms with Gasteiger partial charge in [0, 0.05) is 0 Å². The highest BCUT2D eigenvalue weighted by molar-refractivity contribution is 5.06. The van der Waals surface area contributed by atoms with Gasteiger partial charge in [-0.15, -0.1) is 0 Å². The van der Waals surface area contributed by atoms with Crippen molar-refractivity contribution in [2.45, 2.75) is 71.6 Å². The largest absolute Gasteiger partial charge is 0.198 e. The van der Waals surface area contributed by atoms with Gasteiger partial charge < -0.3 is 0 Å². The van der Waals surface area contributed by atoms with Crippen LogP contribution in [-0.4, -0.2) is 0 Å². The molecule has 17 heavy (non-hydrogen) atoms. The first-order valence-electron chi connectivity index (χ1n) is 7.61. The molecule has 0 aromatic carbocycles.